The number of hydrogen-bond acceptors (Lipinski definition) is 4. The van der Waals surface area contributed by atoms with E-state index in [1.165, 1.54) is 0 Å². The molecule has 0 bridgehead atoms. The molecule has 1 atom stereocenters. The summed E-state index contributed by atoms with van der Waals surface area (Å²) in [5, 5.41) is 11.5. The topological polar surface area (TPSA) is 66.8 Å². The van der Waals surface area contributed by atoms with E-state index in [2.05, 4.69) is 6.07 Å². The zero-order valence-electron chi connectivity index (χ0n) is 17.9. The average Bonchev–Trinajstić information content (AvgIpc) is 2.97. The highest BCUT2D eigenvalue weighted by Crippen LogP contribution is 2.43. The van der Waals surface area contributed by atoms with Crippen molar-refractivity contribution in [1.82, 2.24) is 0 Å². The molecular formula is C26H25NO4. The molecule has 0 fully saturated rings. The van der Waals surface area contributed by atoms with Crippen LogP contribution in [0.3, 0.4) is 0 Å². The number of ether oxygens (including phenoxy) is 1. The highest BCUT2D eigenvalue weighted by atomic mass is 16.5. The van der Waals surface area contributed by atoms with Gasteiger partial charge in [-0.05, 0) is 55.3 Å². The quantitative estimate of drug-likeness (QED) is 0.609. The fraction of sp³-hybridized carbons (Fsp3) is 0.231. The van der Waals surface area contributed by atoms with Crippen LogP contribution in [-0.4, -0.2) is 23.9 Å². The Kier molecular flexibility index (Phi) is 5.38. The largest absolute Gasteiger partial charge is 0.497 e. The molecule has 5 heteroatoms. The number of ketones is 1. The molecule has 1 aliphatic rings. The third kappa shape index (κ3) is 3.73. The van der Waals surface area contributed by atoms with E-state index in [1.807, 2.05) is 38.1 Å². The molecule has 0 aliphatic carbocycles. The van der Waals surface area contributed by atoms with E-state index in [4.69, 9.17) is 4.74 Å². The summed E-state index contributed by atoms with van der Waals surface area (Å²) in [6.45, 7) is 4.37. The zero-order chi connectivity index (χ0) is 22.2. The van der Waals surface area contributed by atoms with Gasteiger partial charge in [-0.2, -0.15) is 0 Å². The van der Waals surface area contributed by atoms with Crippen LogP contribution in [0.5, 0.6) is 5.75 Å². The number of aliphatic hydroxyl groups is 1. The van der Waals surface area contributed by atoms with Gasteiger partial charge in [0.25, 0.3) is 5.91 Å². The van der Waals surface area contributed by atoms with Gasteiger partial charge in [-0.1, -0.05) is 42.0 Å². The van der Waals surface area contributed by atoms with Gasteiger partial charge in [0.15, 0.2) is 11.4 Å². The second kappa shape index (κ2) is 8.00. The van der Waals surface area contributed by atoms with E-state index in [9.17, 15) is 14.7 Å². The average molecular weight is 415 g/mol. The van der Waals surface area contributed by atoms with Crippen molar-refractivity contribution in [3.05, 3.63) is 94.5 Å². The molecule has 1 amide bonds. The van der Waals surface area contributed by atoms with Crippen LogP contribution in [0.15, 0.2) is 66.7 Å². The monoisotopic (exact) mass is 415 g/mol. The first-order chi connectivity index (χ1) is 14.8. The van der Waals surface area contributed by atoms with Crippen LogP contribution in [0.4, 0.5) is 5.69 Å². The zero-order valence-corrected chi connectivity index (χ0v) is 17.9. The molecule has 1 heterocycles. The predicted octanol–water partition coefficient (Wildman–Crippen LogP) is 4.32. The van der Waals surface area contributed by atoms with Crippen LogP contribution in [0.1, 0.15) is 39.0 Å². The summed E-state index contributed by atoms with van der Waals surface area (Å²) in [4.78, 5) is 28.0. The number of carbonyl (C=O) groups excluding carboxylic acids is 2. The first-order valence-corrected chi connectivity index (χ1v) is 10.2. The summed E-state index contributed by atoms with van der Waals surface area (Å²) in [6, 6.07) is 19.9. The molecule has 0 saturated heterocycles. The van der Waals surface area contributed by atoms with Crippen molar-refractivity contribution in [1.29, 1.82) is 0 Å². The molecule has 1 unspecified atom stereocenters. The number of amides is 1. The minimum Gasteiger partial charge on any atom is -0.497 e. The molecule has 31 heavy (non-hydrogen) atoms. The minimum atomic E-state index is -1.90. The lowest BCUT2D eigenvalue weighted by Crippen LogP contribution is -2.41. The van der Waals surface area contributed by atoms with Gasteiger partial charge >= 0.3 is 0 Å². The van der Waals surface area contributed by atoms with E-state index >= 15 is 0 Å². The number of anilines is 1. The lowest BCUT2D eigenvalue weighted by molar-refractivity contribution is -0.136. The van der Waals surface area contributed by atoms with Crippen molar-refractivity contribution < 1.29 is 19.4 Å². The number of methoxy groups -OCH3 is 1. The van der Waals surface area contributed by atoms with Crippen molar-refractivity contribution in [2.45, 2.75) is 32.4 Å². The van der Waals surface area contributed by atoms with Crippen molar-refractivity contribution in [3.8, 4) is 5.75 Å². The van der Waals surface area contributed by atoms with Crippen molar-refractivity contribution in [2.24, 2.45) is 0 Å². The number of aryl methyl sites for hydroxylation is 2. The summed E-state index contributed by atoms with van der Waals surface area (Å²) in [7, 11) is 1.55. The molecule has 0 radical (unpaired) electrons. The Morgan fingerprint density at radius 2 is 1.74 bits per heavy atom. The second-order valence-electron chi connectivity index (χ2n) is 8.03. The first kappa shape index (κ1) is 20.8. The van der Waals surface area contributed by atoms with Crippen LogP contribution in [0, 0.1) is 13.8 Å². The van der Waals surface area contributed by atoms with E-state index < -0.39 is 11.5 Å². The molecule has 0 spiro atoms. The Morgan fingerprint density at radius 3 is 2.42 bits per heavy atom. The van der Waals surface area contributed by atoms with Crippen molar-refractivity contribution in [3.63, 3.8) is 0 Å². The Hall–Kier alpha value is -3.44. The SMILES string of the molecule is COc1ccc(C(=O)CC2(O)C(=O)N(Cc3ccc(C)cc3C)c3ccccc32)cc1. The third-order valence-electron chi connectivity index (χ3n) is 5.89. The Labute approximate surface area is 181 Å². The number of nitrogens with zero attached hydrogens (tertiary/aromatic N) is 1. The van der Waals surface area contributed by atoms with E-state index in [0.717, 1.165) is 16.7 Å². The van der Waals surface area contributed by atoms with Gasteiger partial charge in [0.05, 0.1) is 25.8 Å². The van der Waals surface area contributed by atoms with Crippen LogP contribution < -0.4 is 9.64 Å². The summed E-state index contributed by atoms with van der Waals surface area (Å²) < 4.78 is 5.13. The molecule has 1 N–H and O–H groups in total. The third-order valence-corrected chi connectivity index (χ3v) is 5.89. The predicted molar refractivity (Wildman–Crippen MR) is 119 cm³/mol. The minimum absolute atomic E-state index is 0.304. The summed E-state index contributed by atoms with van der Waals surface area (Å²) >= 11 is 0. The number of fused-ring (bicyclic) bond motifs is 1. The normalized spacial score (nSPS) is 17.5. The molecule has 158 valence electrons. The Morgan fingerprint density at radius 1 is 1.03 bits per heavy atom. The summed E-state index contributed by atoms with van der Waals surface area (Å²) in [5.74, 6) is -0.144. The Bertz CT molecular complexity index is 1150. The summed E-state index contributed by atoms with van der Waals surface area (Å²) in [6.07, 6.45) is -0.321. The fourth-order valence-electron chi connectivity index (χ4n) is 4.14. The van der Waals surface area contributed by atoms with E-state index in [-0.39, 0.29) is 12.2 Å². The van der Waals surface area contributed by atoms with Crippen LogP contribution in [0.2, 0.25) is 0 Å². The number of benzene rings is 3. The van der Waals surface area contributed by atoms with Gasteiger partial charge in [-0.25, -0.2) is 0 Å². The molecule has 5 nitrogen and oxygen atoms in total. The number of para-hydroxylation sites is 1. The lowest BCUT2D eigenvalue weighted by Gasteiger charge is -2.23. The highest BCUT2D eigenvalue weighted by molar-refractivity contribution is 6.10. The number of Topliss-reactive ketones (excluding diaryl/α,β-unsaturated/α-hetero) is 1. The van der Waals surface area contributed by atoms with E-state index in [0.29, 0.717) is 29.1 Å². The molecule has 0 saturated carbocycles. The number of hydrogen-bond donors (Lipinski definition) is 1. The Balaban J connectivity index is 1.66. The highest BCUT2D eigenvalue weighted by Gasteiger charge is 2.50. The molecule has 3 aromatic rings. The number of rotatable bonds is 6. The molecule has 4 rings (SSSR count). The van der Waals surface area contributed by atoms with Gasteiger partial charge in [0.1, 0.15) is 5.75 Å². The van der Waals surface area contributed by atoms with Crippen LogP contribution >= 0.6 is 0 Å². The van der Waals surface area contributed by atoms with E-state index in [1.54, 1.807) is 48.4 Å². The maximum absolute atomic E-state index is 13.4. The standard InChI is InChI=1S/C26H25NO4/c1-17-8-9-20(18(2)14-17)16-27-23-7-5-4-6-22(23)26(30,25(27)29)15-24(28)19-10-12-21(31-3)13-11-19/h4-14,30H,15-16H2,1-3H3. The molecule has 1 aliphatic heterocycles. The van der Waals surface area contributed by atoms with Gasteiger partial charge in [-0.3, -0.25) is 9.59 Å². The second-order valence-corrected chi connectivity index (χ2v) is 8.03. The fourth-order valence-corrected chi connectivity index (χ4v) is 4.14. The lowest BCUT2D eigenvalue weighted by atomic mass is 9.88. The van der Waals surface area contributed by atoms with Gasteiger partial charge in [0.2, 0.25) is 0 Å². The van der Waals surface area contributed by atoms with Gasteiger partial charge in [-0.15, -0.1) is 0 Å². The van der Waals surface area contributed by atoms with Gasteiger partial charge in [0, 0.05) is 11.1 Å². The summed E-state index contributed by atoms with van der Waals surface area (Å²) in [5.41, 5.74) is 2.86. The van der Waals surface area contributed by atoms with Crippen molar-refractivity contribution >= 4 is 17.4 Å². The maximum atomic E-state index is 13.4. The molecular weight excluding hydrogens is 390 g/mol. The molecule has 0 aromatic heterocycles. The number of carbonyl (C=O) groups is 2. The van der Waals surface area contributed by atoms with Gasteiger partial charge < -0.3 is 14.7 Å². The van der Waals surface area contributed by atoms with Crippen molar-refractivity contribution in [2.75, 3.05) is 12.0 Å². The van der Waals surface area contributed by atoms with Crippen LogP contribution in [-0.2, 0) is 16.9 Å². The van der Waals surface area contributed by atoms with Crippen LogP contribution in [0.25, 0.3) is 0 Å². The smallest absolute Gasteiger partial charge is 0.264 e. The maximum Gasteiger partial charge on any atom is 0.264 e. The molecule has 3 aromatic carbocycles. The first-order valence-electron chi connectivity index (χ1n) is 10.2.